The zero-order valence-electron chi connectivity index (χ0n) is 14.7. The molecule has 0 fully saturated rings. The van der Waals surface area contributed by atoms with Crippen molar-refractivity contribution in [3.05, 3.63) is 48.4 Å². The summed E-state index contributed by atoms with van der Waals surface area (Å²) >= 11 is 0. The van der Waals surface area contributed by atoms with E-state index in [0.29, 0.717) is 11.4 Å². The Balaban J connectivity index is 2.01. The summed E-state index contributed by atoms with van der Waals surface area (Å²) in [5, 5.41) is 5.24. The number of carbonyl (C=O) groups excluding carboxylic acids is 2. The third kappa shape index (κ3) is 4.93. The van der Waals surface area contributed by atoms with Crippen molar-refractivity contribution in [3.63, 3.8) is 0 Å². The van der Waals surface area contributed by atoms with Crippen LogP contribution in [-0.2, 0) is 19.6 Å². The number of amides is 2. The van der Waals surface area contributed by atoms with Crippen molar-refractivity contribution >= 4 is 27.5 Å². The molecule has 0 spiro atoms. The van der Waals surface area contributed by atoms with Crippen molar-refractivity contribution in [1.29, 1.82) is 0 Å². The summed E-state index contributed by atoms with van der Waals surface area (Å²) in [7, 11) is -2.50. The number of anilines is 1. The van der Waals surface area contributed by atoms with Crippen molar-refractivity contribution in [2.24, 2.45) is 0 Å². The van der Waals surface area contributed by atoms with Gasteiger partial charge in [0.2, 0.25) is 21.8 Å². The fraction of sp³-hybridized carbons (Fsp3) is 0.294. The molecular weight excluding hydrogens is 358 g/mol. The van der Waals surface area contributed by atoms with Gasteiger partial charge in [0.25, 0.3) is 0 Å². The van der Waals surface area contributed by atoms with Crippen LogP contribution in [0, 0.1) is 0 Å². The molecule has 9 heteroatoms. The summed E-state index contributed by atoms with van der Waals surface area (Å²) in [6, 6.07) is 8.79. The van der Waals surface area contributed by atoms with E-state index in [2.05, 4.69) is 10.6 Å². The number of furan rings is 1. The van der Waals surface area contributed by atoms with Crippen molar-refractivity contribution in [3.8, 4) is 0 Å². The molecule has 2 rings (SSSR count). The van der Waals surface area contributed by atoms with Gasteiger partial charge in [-0.25, -0.2) is 8.42 Å². The minimum Gasteiger partial charge on any atom is -0.467 e. The monoisotopic (exact) mass is 379 g/mol. The molecule has 0 unspecified atom stereocenters. The molecule has 2 aromatic rings. The number of rotatable bonds is 7. The van der Waals surface area contributed by atoms with Crippen LogP contribution in [0.1, 0.15) is 25.6 Å². The largest absolute Gasteiger partial charge is 0.467 e. The smallest absolute Gasteiger partial charge is 0.243 e. The standard InChI is InChI=1S/C17H21N3O5S/c1-12(16-5-4-10-25-16)18-17(22)11-20(3)26(23,24)15-8-6-14(7-9-15)19-13(2)21/h4-10,12H,11H2,1-3H3,(H,18,22)(H,19,21)/t12-/m0/s1. The van der Waals surface area contributed by atoms with Gasteiger partial charge in [0.15, 0.2) is 0 Å². The van der Waals surface area contributed by atoms with Gasteiger partial charge in [-0.2, -0.15) is 4.31 Å². The quantitative estimate of drug-likeness (QED) is 0.762. The molecular formula is C17H21N3O5S. The number of carbonyl (C=O) groups is 2. The summed E-state index contributed by atoms with van der Waals surface area (Å²) < 4.78 is 31.3. The first-order chi connectivity index (χ1) is 12.2. The lowest BCUT2D eigenvalue weighted by Gasteiger charge is -2.18. The Morgan fingerprint density at radius 1 is 1.19 bits per heavy atom. The molecule has 0 radical (unpaired) electrons. The maximum absolute atomic E-state index is 12.6. The van der Waals surface area contributed by atoms with Gasteiger partial charge in [-0.3, -0.25) is 9.59 Å². The van der Waals surface area contributed by atoms with Gasteiger partial charge in [0.1, 0.15) is 5.76 Å². The Hall–Kier alpha value is -2.65. The van der Waals surface area contributed by atoms with E-state index in [9.17, 15) is 18.0 Å². The third-order valence-corrected chi connectivity index (χ3v) is 5.41. The average Bonchev–Trinajstić information content (AvgIpc) is 3.09. The zero-order valence-corrected chi connectivity index (χ0v) is 15.5. The maximum atomic E-state index is 12.6. The van der Waals surface area contributed by atoms with Gasteiger partial charge in [0, 0.05) is 19.7 Å². The second-order valence-electron chi connectivity index (χ2n) is 5.77. The molecule has 0 saturated heterocycles. The lowest BCUT2D eigenvalue weighted by atomic mass is 10.2. The van der Waals surface area contributed by atoms with Crippen LogP contribution in [0.3, 0.4) is 0 Å². The number of nitrogens with zero attached hydrogens (tertiary/aromatic N) is 1. The minimum absolute atomic E-state index is 0.0287. The second kappa shape index (κ2) is 8.15. The fourth-order valence-electron chi connectivity index (χ4n) is 2.28. The summed E-state index contributed by atoms with van der Waals surface area (Å²) in [5.41, 5.74) is 0.490. The minimum atomic E-state index is -3.83. The summed E-state index contributed by atoms with van der Waals surface area (Å²) in [4.78, 5) is 23.1. The molecule has 0 aliphatic heterocycles. The van der Waals surface area contributed by atoms with E-state index in [1.807, 2.05) is 0 Å². The Bertz CT molecular complexity index is 860. The van der Waals surface area contributed by atoms with Gasteiger partial charge >= 0.3 is 0 Å². The molecule has 2 amide bonds. The van der Waals surface area contributed by atoms with Crippen LogP contribution in [0.4, 0.5) is 5.69 Å². The van der Waals surface area contributed by atoms with Crippen LogP contribution in [-0.4, -0.2) is 38.1 Å². The SMILES string of the molecule is CC(=O)Nc1ccc(S(=O)(=O)N(C)CC(=O)N[C@@H](C)c2ccco2)cc1. The first-order valence-corrected chi connectivity index (χ1v) is 9.31. The number of benzene rings is 1. The molecule has 1 atom stereocenters. The third-order valence-electron chi connectivity index (χ3n) is 3.60. The van der Waals surface area contributed by atoms with Gasteiger partial charge < -0.3 is 15.1 Å². The van der Waals surface area contributed by atoms with Crippen LogP contribution < -0.4 is 10.6 Å². The maximum Gasteiger partial charge on any atom is 0.243 e. The van der Waals surface area contributed by atoms with Gasteiger partial charge in [0.05, 0.1) is 23.7 Å². The van der Waals surface area contributed by atoms with Crippen LogP contribution in [0.15, 0.2) is 52.0 Å². The molecule has 0 aliphatic carbocycles. The average molecular weight is 379 g/mol. The van der Waals surface area contributed by atoms with Gasteiger partial charge in [-0.1, -0.05) is 0 Å². The molecule has 2 N–H and O–H groups in total. The molecule has 0 aliphatic rings. The lowest BCUT2D eigenvalue weighted by Crippen LogP contribution is -2.39. The molecule has 26 heavy (non-hydrogen) atoms. The first kappa shape index (κ1) is 19.7. The number of sulfonamides is 1. The highest BCUT2D eigenvalue weighted by molar-refractivity contribution is 7.89. The van der Waals surface area contributed by atoms with E-state index >= 15 is 0 Å². The molecule has 0 bridgehead atoms. The predicted octanol–water partition coefficient (Wildman–Crippen LogP) is 1.74. The van der Waals surface area contributed by atoms with Crippen LogP contribution >= 0.6 is 0 Å². The van der Waals surface area contributed by atoms with Crippen LogP contribution in [0.2, 0.25) is 0 Å². The molecule has 140 valence electrons. The van der Waals surface area contributed by atoms with Gasteiger partial charge in [-0.05, 0) is 43.3 Å². The van der Waals surface area contributed by atoms with Crippen molar-refractivity contribution in [2.45, 2.75) is 24.8 Å². The molecule has 1 aromatic carbocycles. The van der Waals surface area contributed by atoms with E-state index in [0.717, 1.165) is 4.31 Å². The Morgan fingerprint density at radius 2 is 1.85 bits per heavy atom. The highest BCUT2D eigenvalue weighted by atomic mass is 32.2. The fourth-order valence-corrected chi connectivity index (χ4v) is 3.40. The van der Waals surface area contributed by atoms with E-state index in [1.54, 1.807) is 19.1 Å². The van der Waals surface area contributed by atoms with E-state index in [1.165, 1.54) is 44.5 Å². The van der Waals surface area contributed by atoms with Crippen LogP contribution in [0.5, 0.6) is 0 Å². The summed E-state index contributed by atoms with van der Waals surface area (Å²) in [6.07, 6.45) is 1.50. The molecule has 1 heterocycles. The molecule has 1 aromatic heterocycles. The Morgan fingerprint density at radius 3 is 2.38 bits per heavy atom. The number of hydrogen-bond acceptors (Lipinski definition) is 5. The lowest BCUT2D eigenvalue weighted by molar-refractivity contribution is -0.122. The normalized spacial score (nSPS) is 12.6. The van der Waals surface area contributed by atoms with Crippen molar-refractivity contribution < 1.29 is 22.4 Å². The summed E-state index contributed by atoms with van der Waals surface area (Å²) in [6.45, 7) is 2.77. The highest BCUT2D eigenvalue weighted by Gasteiger charge is 2.24. The first-order valence-electron chi connectivity index (χ1n) is 7.87. The summed E-state index contributed by atoms with van der Waals surface area (Å²) in [5.74, 6) is -0.118. The topological polar surface area (TPSA) is 109 Å². The van der Waals surface area contributed by atoms with Gasteiger partial charge in [-0.15, -0.1) is 0 Å². The van der Waals surface area contributed by atoms with Crippen molar-refractivity contribution in [2.75, 3.05) is 18.9 Å². The number of nitrogens with one attached hydrogen (secondary N) is 2. The Labute approximate surface area is 152 Å². The van der Waals surface area contributed by atoms with E-state index in [4.69, 9.17) is 4.42 Å². The second-order valence-corrected chi connectivity index (χ2v) is 7.82. The number of likely N-dealkylation sites (N-methyl/N-ethyl adjacent to an activating group) is 1. The van der Waals surface area contributed by atoms with E-state index in [-0.39, 0.29) is 23.4 Å². The molecule has 0 saturated carbocycles. The molecule has 8 nitrogen and oxygen atoms in total. The predicted molar refractivity (Wildman–Crippen MR) is 95.8 cm³/mol. The highest BCUT2D eigenvalue weighted by Crippen LogP contribution is 2.18. The van der Waals surface area contributed by atoms with Crippen LogP contribution in [0.25, 0.3) is 0 Å². The van der Waals surface area contributed by atoms with E-state index < -0.39 is 15.9 Å². The van der Waals surface area contributed by atoms with Crippen molar-refractivity contribution in [1.82, 2.24) is 9.62 Å². The number of hydrogen-bond donors (Lipinski definition) is 2. The Kier molecular flexibility index (Phi) is 6.17. The zero-order chi connectivity index (χ0) is 19.3.